The maximum absolute atomic E-state index is 11.4. The van der Waals surface area contributed by atoms with E-state index in [4.69, 9.17) is 22.9 Å². The lowest BCUT2D eigenvalue weighted by Gasteiger charge is -2.34. The molecule has 0 saturated carbocycles. The van der Waals surface area contributed by atoms with Gasteiger partial charge in [-0.2, -0.15) is 5.26 Å². The molecule has 0 radical (unpaired) electrons. The number of nitrogens with one attached hydrogen (secondary N) is 2. The van der Waals surface area contributed by atoms with E-state index >= 15 is 0 Å². The first kappa shape index (κ1) is 10.6. The third-order valence-electron chi connectivity index (χ3n) is 2.35. The van der Waals surface area contributed by atoms with E-state index in [0.29, 0.717) is 5.57 Å². The van der Waals surface area contributed by atoms with Gasteiger partial charge in [-0.25, -0.2) is 0 Å². The predicted molar refractivity (Wildman–Crippen MR) is 54.9 cm³/mol. The second-order valence-electron chi connectivity index (χ2n) is 3.60. The average Bonchev–Trinajstić information content (AvgIpc) is 2.02. The van der Waals surface area contributed by atoms with Gasteiger partial charge in [0.05, 0.1) is 11.6 Å². The number of amides is 1. The van der Waals surface area contributed by atoms with E-state index in [-0.39, 0.29) is 4.99 Å². The Balaban J connectivity index is 3.30. The lowest BCUT2D eigenvalue weighted by molar-refractivity contribution is -0.124. The molecule has 1 saturated heterocycles. The number of thiocarbonyl (C=S) groups is 1. The minimum absolute atomic E-state index is 0.196. The molecule has 1 heterocycles. The van der Waals surface area contributed by atoms with Crippen LogP contribution in [0.1, 0.15) is 13.8 Å². The van der Waals surface area contributed by atoms with E-state index in [1.165, 1.54) is 0 Å². The summed E-state index contributed by atoms with van der Waals surface area (Å²) in [5, 5.41) is 18.3. The molecule has 4 nitrogen and oxygen atoms in total. The fraction of sp³-hybridized carbons (Fsp3) is 0.444. The van der Waals surface area contributed by atoms with Crippen molar-refractivity contribution in [2.24, 2.45) is 11.3 Å². The highest BCUT2D eigenvalue weighted by atomic mass is 32.1. The molecule has 1 aliphatic rings. The molecule has 1 rings (SSSR count). The standard InChI is InChI=1S/C9H9N3OS/c1-9(2)5(3-10)7(13)12-8(14)6(9)4-11/h5,11H,1-2H3,(H,12,13,14)/t5-/m1/s1. The second kappa shape index (κ2) is 3.33. The molecule has 14 heavy (non-hydrogen) atoms. The van der Waals surface area contributed by atoms with Crippen LogP contribution in [0.4, 0.5) is 0 Å². The first-order valence-electron chi connectivity index (χ1n) is 4.00. The summed E-state index contributed by atoms with van der Waals surface area (Å²) in [4.78, 5) is 11.6. The van der Waals surface area contributed by atoms with Gasteiger partial charge in [0.1, 0.15) is 10.9 Å². The van der Waals surface area contributed by atoms with Gasteiger partial charge in [0.15, 0.2) is 0 Å². The highest BCUT2D eigenvalue weighted by Gasteiger charge is 2.45. The Morgan fingerprint density at radius 1 is 1.64 bits per heavy atom. The van der Waals surface area contributed by atoms with Gasteiger partial charge in [-0.1, -0.05) is 26.1 Å². The van der Waals surface area contributed by atoms with Crippen molar-refractivity contribution in [3.05, 3.63) is 5.57 Å². The van der Waals surface area contributed by atoms with Crippen LogP contribution in [0.2, 0.25) is 0 Å². The van der Waals surface area contributed by atoms with Crippen molar-refractivity contribution in [3.63, 3.8) is 0 Å². The molecule has 0 bridgehead atoms. The number of hydrogen-bond donors (Lipinski definition) is 2. The summed E-state index contributed by atoms with van der Waals surface area (Å²) in [7, 11) is 0. The molecule has 0 spiro atoms. The average molecular weight is 207 g/mol. The monoisotopic (exact) mass is 207 g/mol. The predicted octanol–water partition coefficient (Wildman–Crippen LogP) is 0.784. The molecule has 5 heteroatoms. The molecule has 2 N–H and O–H groups in total. The number of carbonyl (C=O) groups is 1. The smallest absolute Gasteiger partial charge is 0.243 e. The molecule has 0 aromatic carbocycles. The van der Waals surface area contributed by atoms with Crippen molar-refractivity contribution < 1.29 is 4.79 Å². The molecule has 1 aliphatic heterocycles. The van der Waals surface area contributed by atoms with E-state index in [1.807, 2.05) is 6.07 Å². The van der Waals surface area contributed by atoms with Gasteiger partial charge in [-0.15, -0.1) is 0 Å². The van der Waals surface area contributed by atoms with Crippen LogP contribution in [0, 0.1) is 28.1 Å². The zero-order valence-corrected chi connectivity index (χ0v) is 8.66. The van der Waals surface area contributed by atoms with Gasteiger partial charge in [-0.3, -0.25) is 10.2 Å². The molecule has 1 fully saturated rings. The molecule has 0 aliphatic carbocycles. The summed E-state index contributed by atoms with van der Waals surface area (Å²) < 4.78 is 0. The zero-order valence-electron chi connectivity index (χ0n) is 7.84. The van der Waals surface area contributed by atoms with E-state index in [0.717, 1.165) is 0 Å². The number of nitriles is 1. The van der Waals surface area contributed by atoms with Crippen molar-refractivity contribution in [2.45, 2.75) is 13.8 Å². The fourth-order valence-electron chi connectivity index (χ4n) is 1.45. The van der Waals surface area contributed by atoms with Crippen LogP contribution in [0.25, 0.3) is 0 Å². The van der Waals surface area contributed by atoms with Gasteiger partial charge >= 0.3 is 0 Å². The number of rotatable bonds is 0. The minimum atomic E-state index is -0.818. The van der Waals surface area contributed by atoms with Gasteiger partial charge in [0.2, 0.25) is 5.91 Å². The molecule has 0 unspecified atom stereocenters. The van der Waals surface area contributed by atoms with Crippen LogP contribution in [0.15, 0.2) is 5.57 Å². The Hall–Kier alpha value is -1.50. The molecular formula is C9H9N3OS. The first-order chi connectivity index (χ1) is 6.45. The molecule has 1 atom stereocenters. The van der Waals surface area contributed by atoms with Crippen molar-refractivity contribution >= 4 is 29.0 Å². The highest BCUT2D eigenvalue weighted by Crippen LogP contribution is 2.36. The zero-order chi connectivity index (χ0) is 10.9. The van der Waals surface area contributed by atoms with Gasteiger partial charge < -0.3 is 5.32 Å². The van der Waals surface area contributed by atoms with Crippen molar-refractivity contribution in [1.29, 1.82) is 10.7 Å². The van der Waals surface area contributed by atoms with E-state index in [9.17, 15) is 4.79 Å². The number of nitrogens with zero attached hydrogens (tertiary/aromatic N) is 1. The maximum atomic E-state index is 11.4. The number of piperidine rings is 1. The van der Waals surface area contributed by atoms with Crippen molar-refractivity contribution in [2.75, 3.05) is 0 Å². The Labute approximate surface area is 87.1 Å². The van der Waals surface area contributed by atoms with E-state index in [2.05, 4.69) is 11.2 Å². The molecule has 0 aromatic heterocycles. The summed E-state index contributed by atoms with van der Waals surface area (Å²) in [6, 6.07) is 1.91. The third kappa shape index (κ3) is 1.35. The lowest BCUT2D eigenvalue weighted by Crippen LogP contribution is -2.50. The molecular weight excluding hydrogens is 198 g/mol. The Kier molecular flexibility index (Phi) is 2.52. The van der Waals surface area contributed by atoms with Crippen molar-refractivity contribution in [1.82, 2.24) is 5.32 Å². The summed E-state index contributed by atoms with van der Waals surface area (Å²) in [6.07, 6.45) is 0. The lowest BCUT2D eigenvalue weighted by atomic mass is 9.71. The second-order valence-corrected chi connectivity index (χ2v) is 4.01. The summed E-state index contributed by atoms with van der Waals surface area (Å²) in [5.41, 5.74) is -0.339. The highest BCUT2D eigenvalue weighted by molar-refractivity contribution is 7.80. The van der Waals surface area contributed by atoms with E-state index in [1.54, 1.807) is 13.8 Å². The van der Waals surface area contributed by atoms with Gasteiger partial charge in [0, 0.05) is 5.41 Å². The normalized spacial score (nSPS) is 24.9. The van der Waals surface area contributed by atoms with Crippen LogP contribution in [0.5, 0.6) is 0 Å². The Bertz CT molecular complexity index is 399. The maximum Gasteiger partial charge on any atom is 0.243 e. The van der Waals surface area contributed by atoms with Crippen LogP contribution in [-0.2, 0) is 4.79 Å². The van der Waals surface area contributed by atoms with Crippen LogP contribution < -0.4 is 5.32 Å². The van der Waals surface area contributed by atoms with E-state index < -0.39 is 17.2 Å². The third-order valence-corrected chi connectivity index (χ3v) is 2.65. The fourth-order valence-corrected chi connectivity index (χ4v) is 1.86. The minimum Gasteiger partial charge on any atom is -0.315 e. The molecule has 1 amide bonds. The van der Waals surface area contributed by atoms with Crippen LogP contribution in [-0.4, -0.2) is 16.8 Å². The Morgan fingerprint density at radius 2 is 2.21 bits per heavy atom. The summed E-state index contributed by atoms with van der Waals surface area (Å²) in [5.74, 6) is 0.969. The quantitative estimate of drug-likeness (QED) is 0.350. The Morgan fingerprint density at radius 3 is 2.64 bits per heavy atom. The summed E-state index contributed by atoms with van der Waals surface area (Å²) >= 11 is 4.89. The number of carbonyl (C=O) groups excluding carboxylic acids is 1. The summed E-state index contributed by atoms with van der Waals surface area (Å²) in [6.45, 7) is 3.42. The number of hydrogen-bond acceptors (Lipinski definition) is 4. The van der Waals surface area contributed by atoms with Crippen LogP contribution in [0.3, 0.4) is 0 Å². The van der Waals surface area contributed by atoms with Gasteiger partial charge in [-0.05, 0) is 5.87 Å². The topological polar surface area (TPSA) is 76.7 Å². The SMILES string of the molecule is CC1(C)C(=C=N)C(=S)NC(=O)[C@H]1C#N. The molecule has 72 valence electrons. The van der Waals surface area contributed by atoms with Gasteiger partial charge in [0.25, 0.3) is 0 Å². The molecule has 0 aromatic rings. The largest absolute Gasteiger partial charge is 0.315 e. The first-order valence-corrected chi connectivity index (χ1v) is 4.41. The van der Waals surface area contributed by atoms with Crippen molar-refractivity contribution in [3.8, 4) is 6.07 Å². The van der Waals surface area contributed by atoms with Crippen LogP contribution >= 0.6 is 12.2 Å².